The topological polar surface area (TPSA) is 73.3 Å². The van der Waals surface area contributed by atoms with E-state index in [2.05, 4.69) is 31.2 Å². The average Bonchev–Trinajstić information content (AvgIpc) is 2.63. The van der Waals surface area contributed by atoms with Crippen molar-refractivity contribution >= 4 is 27.5 Å². The fourth-order valence-electron chi connectivity index (χ4n) is 2.00. The Morgan fingerprint density at radius 2 is 1.84 bits per heavy atom. The van der Waals surface area contributed by atoms with Gasteiger partial charge in [0.2, 0.25) is 11.8 Å². The van der Waals surface area contributed by atoms with Crippen LogP contribution in [0.3, 0.4) is 0 Å². The molecule has 1 N–H and O–H groups in total. The zero-order valence-corrected chi connectivity index (χ0v) is 14.9. The summed E-state index contributed by atoms with van der Waals surface area (Å²) in [6.45, 7) is 0. The van der Waals surface area contributed by atoms with Crippen LogP contribution in [0.4, 0.5) is 5.69 Å². The molecule has 126 valence electrons. The molecule has 0 radical (unpaired) electrons. The second-order valence-corrected chi connectivity index (χ2v) is 5.90. The molecule has 25 heavy (non-hydrogen) atoms. The highest BCUT2D eigenvalue weighted by molar-refractivity contribution is 9.10. The molecule has 0 spiro atoms. The summed E-state index contributed by atoms with van der Waals surface area (Å²) < 4.78 is 11.5. The normalized spacial score (nSPS) is 10.2. The molecular formula is C18H14BrN3O3. The number of aromatic nitrogens is 2. The number of nitrogens with one attached hydrogen (secondary N) is 1. The number of amides is 1. The van der Waals surface area contributed by atoms with Crippen molar-refractivity contribution in [3.05, 3.63) is 71.0 Å². The molecule has 2 heterocycles. The minimum atomic E-state index is -0.284. The molecule has 0 atom stereocenters. The van der Waals surface area contributed by atoms with Crippen LogP contribution in [0.5, 0.6) is 17.5 Å². The number of nitrogens with zero attached hydrogens (tertiary/aromatic N) is 2. The van der Waals surface area contributed by atoms with Gasteiger partial charge >= 0.3 is 0 Å². The average molecular weight is 400 g/mol. The van der Waals surface area contributed by atoms with Crippen molar-refractivity contribution in [1.82, 2.24) is 9.97 Å². The minimum Gasteiger partial charge on any atom is -0.481 e. The van der Waals surface area contributed by atoms with Gasteiger partial charge in [-0.3, -0.25) is 4.79 Å². The summed E-state index contributed by atoms with van der Waals surface area (Å²) in [5.41, 5.74) is 0.984. The fraction of sp³-hybridized carbons (Fsp3) is 0.0556. The van der Waals surface area contributed by atoms with Gasteiger partial charge in [0.25, 0.3) is 5.91 Å². The van der Waals surface area contributed by atoms with Crippen molar-refractivity contribution in [3.8, 4) is 17.5 Å². The highest BCUT2D eigenvalue weighted by Crippen LogP contribution is 2.23. The Hall–Kier alpha value is -2.93. The highest BCUT2D eigenvalue weighted by atomic mass is 79.9. The molecule has 3 rings (SSSR count). The van der Waals surface area contributed by atoms with E-state index in [9.17, 15) is 4.79 Å². The number of benzene rings is 1. The van der Waals surface area contributed by atoms with Crippen LogP contribution in [0.1, 0.15) is 10.4 Å². The van der Waals surface area contributed by atoms with Crippen LogP contribution in [0.2, 0.25) is 0 Å². The number of anilines is 1. The van der Waals surface area contributed by atoms with Gasteiger partial charge in [-0.2, -0.15) is 0 Å². The quantitative estimate of drug-likeness (QED) is 0.692. The summed E-state index contributed by atoms with van der Waals surface area (Å²) in [5.74, 6) is 1.26. The maximum absolute atomic E-state index is 12.2. The molecule has 7 heteroatoms. The standard InChI is InChI=1S/C18H14BrN3O3/c1-24-16-8-6-14(11-21-16)22-18(23)12-5-7-17(20-10-12)25-15-4-2-3-13(19)9-15/h2-11H,1H3,(H,22,23). The van der Waals surface area contributed by atoms with Crippen molar-refractivity contribution < 1.29 is 14.3 Å². The Kier molecular flexibility index (Phi) is 5.25. The predicted molar refractivity (Wildman–Crippen MR) is 97.2 cm³/mol. The summed E-state index contributed by atoms with van der Waals surface area (Å²) >= 11 is 3.38. The van der Waals surface area contributed by atoms with E-state index in [-0.39, 0.29) is 5.91 Å². The zero-order chi connectivity index (χ0) is 17.6. The van der Waals surface area contributed by atoms with E-state index >= 15 is 0 Å². The number of pyridine rings is 2. The van der Waals surface area contributed by atoms with Gasteiger partial charge < -0.3 is 14.8 Å². The number of halogens is 1. The van der Waals surface area contributed by atoms with Gasteiger partial charge in [0.15, 0.2) is 0 Å². The first-order chi connectivity index (χ1) is 12.1. The van der Waals surface area contributed by atoms with Crippen molar-refractivity contribution in [2.75, 3.05) is 12.4 Å². The number of carbonyl (C=O) groups is 1. The number of hydrogen-bond acceptors (Lipinski definition) is 5. The number of rotatable bonds is 5. The van der Waals surface area contributed by atoms with Crippen molar-refractivity contribution in [1.29, 1.82) is 0 Å². The molecule has 0 aliphatic rings. The predicted octanol–water partition coefficient (Wildman–Crippen LogP) is 4.29. The second kappa shape index (κ2) is 7.76. The Balaban J connectivity index is 1.65. The van der Waals surface area contributed by atoms with Crippen LogP contribution >= 0.6 is 15.9 Å². The molecule has 0 aliphatic carbocycles. The molecule has 6 nitrogen and oxygen atoms in total. The molecule has 1 amide bonds. The molecule has 0 unspecified atom stereocenters. The second-order valence-electron chi connectivity index (χ2n) is 4.99. The molecule has 0 fully saturated rings. The van der Waals surface area contributed by atoms with E-state index in [1.165, 1.54) is 19.5 Å². The Morgan fingerprint density at radius 3 is 2.48 bits per heavy atom. The molecule has 0 aliphatic heterocycles. The molecule has 0 bridgehead atoms. The smallest absolute Gasteiger partial charge is 0.257 e. The van der Waals surface area contributed by atoms with Gasteiger partial charge in [-0.15, -0.1) is 0 Å². The first-order valence-corrected chi connectivity index (χ1v) is 8.14. The lowest BCUT2D eigenvalue weighted by Crippen LogP contribution is -2.12. The largest absolute Gasteiger partial charge is 0.481 e. The van der Waals surface area contributed by atoms with Crippen LogP contribution in [-0.2, 0) is 0 Å². The molecular weight excluding hydrogens is 386 g/mol. The van der Waals surface area contributed by atoms with E-state index in [1.54, 1.807) is 24.3 Å². The first kappa shape index (κ1) is 16.9. The van der Waals surface area contributed by atoms with Gasteiger partial charge in [0.05, 0.1) is 24.6 Å². The summed E-state index contributed by atoms with van der Waals surface area (Å²) in [6, 6.07) is 14.1. The lowest BCUT2D eigenvalue weighted by Gasteiger charge is -2.07. The number of carbonyl (C=O) groups excluding carboxylic acids is 1. The number of methoxy groups -OCH3 is 1. The molecule has 1 aromatic carbocycles. The Bertz CT molecular complexity index is 867. The van der Waals surface area contributed by atoms with Crippen molar-refractivity contribution in [2.45, 2.75) is 0 Å². The van der Waals surface area contributed by atoms with E-state index in [4.69, 9.17) is 9.47 Å². The van der Waals surface area contributed by atoms with Crippen molar-refractivity contribution in [2.24, 2.45) is 0 Å². The van der Waals surface area contributed by atoms with Crippen LogP contribution in [0, 0.1) is 0 Å². The summed E-state index contributed by atoms with van der Waals surface area (Å²) in [6.07, 6.45) is 2.98. The third-order valence-corrected chi connectivity index (χ3v) is 3.71. The molecule has 3 aromatic rings. The zero-order valence-electron chi connectivity index (χ0n) is 13.3. The number of ether oxygens (including phenoxy) is 2. The molecule has 0 saturated carbocycles. The fourth-order valence-corrected chi connectivity index (χ4v) is 2.38. The minimum absolute atomic E-state index is 0.284. The summed E-state index contributed by atoms with van der Waals surface area (Å²) in [4.78, 5) is 20.4. The molecule has 2 aromatic heterocycles. The summed E-state index contributed by atoms with van der Waals surface area (Å²) in [7, 11) is 1.53. The van der Waals surface area contributed by atoms with Gasteiger partial charge in [-0.25, -0.2) is 9.97 Å². The third kappa shape index (κ3) is 4.54. The Morgan fingerprint density at radius 1 is 1.04 bits per heavy atom. The summed E-state index contributed by atoms with van der Waals surface area (Å²) in [5, 5.41) is 2.74. The van der Waals surface area contributed by atoms with E-state index in [1.807, 2.05) is 24.3 Å². The highest BCUT2D eigenvalue weighted by Gasteiger charge is 2.08. The van der Waals surface area contributed by atoms with Crippen LogP contribution in [0.25, 0.3) is 0 Å². The lowest BCUT2D eigenvalue weighted by atomic mass is 10.2. The van der Waals surface area contributed by atoms with E-state index < -0.39 is 0 Å². The SMILES string of the molecule is COc1ccc(NC(=O)c2ccc(Oc3cccc(Br)c3)nc2)cn1. The van der Waals surface area contributed by atoms with Crippen LogP contribution < -0.4 is 14.8 Å². The maximum Gasteiger partial charge on any atom is 0.257 e. The van der Waals surface area contributed by atoms with Crippen LogP contribution in [-0.4, -0.2) is 23.0 Å². The van der Waals surface area contributed by atoms with Gasteiger partial charge in [0.1, 0.15) is 5.75 Å². The first-order valence-electron chi connectivity index (χ1n) is 7.35. The van der Waals surface area contributed by atoms with Crippen molar-refractivity contribution in [3.63, 3.8) is 0 Å². The van der Waals surface area contributed by atoms with Gasteiger partial charge in [-0.05, 0) is 30.3 Å². The van der Waals surface area contributed by atoms with Crippen LogP contribution in [0.15, 0.2) is 65.4 Å². The molecule has 0 saturated heterocycles. The monoisotopic (exact) mass is 399 g/mol. The number of hydrogen-bond donors (Lipinski definition) is 1. The van der Waals surface area contributed by atoms with Gasteiger partial charge in [-0.1, -0.05) is 22.0 Å². The maximum atomic E-state index is 12.2. The lowest BCUT2D eigenvalue weighted by molar-refractivity contribution is 0.102. The van der Waals surface area contributed by atoms with E-state index in [0.29, 0.717) is 28.8 Å². The van der Waals surface area contributed by atoms with Gasteiger partial charge in [0, 0.05) is 22.8 Å². The third-order valence-electron chi connectivity index (χ3n) is 3.22. The van der Waals surface area contributed by atoms with E-state index in [0.717, 1.165) is 4.47 Å². The Labute approximate surface area is 153 Å².